The average Bonchev–Trinajstić information content (AvgIpc) is 2.83. The summed E-state index contributed by atoms with van der Waals surface area (Å²) in [4.78, 5) is 4.83. The van der Waals surface area contributed by atoms with Crippen molar-refractivity contribution < 1.29 is 0 Å². The molecule has 4 rings (SSSR count). The predicted octanol–water partition coefficient (Wildman–Crippen LogP) is 3.19. The molecule has 1 N–H and O–H groups in total. The van der Waals surface area contributed by atoms with E-state index in [0.717, 1.165) is 30.9 Å². The summed E-state index contributed by atoms with van der Waals surface area (Å²) in [5.41, 5.74) is 7.58. The fraction of sp³-hybridized carbons (Fsp3) is 0.278. The maximum atomic E-state index is 4.83. The number of aryl methyl sites for hydroxylation is 2. The molecule has 0 bridgehead atoms. The second-order valence-electron chi connectivity index (χ2n) is 5.90. The van der Waals surface area contributed by atoms with Gasteiger partial charge in [0.05, 0.1) is 11.0 Å². The van der Waals surface area contributed by atoms with E-state index in [-0.39, 0.29) is 0 Å². The molecule has 1 aliphatic heterocycles. The highest BCUT2D eigenvalue weighted by Crippen LogP contribution is 2.27. The second-order valence-corrected chi connectivity index (χ2v) is 5.90. The van der Waals surface area contributed by atoms with Crippen LogP contribution in [0.15, 0.2) is 36.4 Å². The zero-order valence-electron chi connectivity index (χ0n) is 12.5. The molecule has 0 fully saturated rings. The third-order valence-electron chi connectivity index (χ3n) is 4.39. The second kappa shape index (κ2) is 4.71. The van der Waals surface area contributed by atoms with Crippen LogP contribution in [0, 0.1) is 6.92 Å². The molecule has 3 heteroatoms. The Morgan fingerprint density at radius 1 is 1.10 bits per heavy atom. The monoisotopic (exact) mass is 277 g/mol. The number of fused-ring (bicyclic) bond motifs is 2. The Bertz CT molecular complexity index is 830. The molecule has 0 amide bonds. The molecule has 106 valence electrons. The van der Waals surface area contributed by atoms with Crippen molar-refractivity contribution in [2.75, 3.05) is 6.54 Å². The number of aromatic nitrogens is 2. The van der Waals surface area contributed by atoms with Crippen LogP contribution in [-0.4, -0.2) is 16.1 Å². The normalized spacial score (nSPS) is 14.4. The van der Waals surface area contributed by atoms with Crippen LogP contribution in [0.5, 0.6) is 0 Å². The van der Waals surface area contributed by atoms with E-state index in [0.29, 0.717) is 0 Å². The first-order valence-electron chi connectivity index (χ1n) is 7.48. The van der Waals surface area contributed by atoms with E-state index in [1.54, 1.807) is 0 Å². The van der Waals surface area contributed by atoms with Gasteiger partial charge in [-0.3, -0.25) is 0 Å². The van der Waals surface area contributed by atoms with Crippen LogP contribution >= 0.6 is 0 Å². The predicted molar refractivity (Wildman–Crippen MR) is 86.3 cm³/mol. The molecule has 3 aromatic rings. The molecular formula is C18H19N3. The molecular weight excluding hydrogens is 258 g/mol. The van der Waals surface area contributed by atoms with Crippen molar-refractivity contribution in [1.29, 1.82) is 0 Å². The van der Waals surface area contributed by atoms with Crippen molar-refractivity contribution >= 4 is 11.0 Å². The van der Waals surface area contributed by atoms with Crippen LogP contribution in [0.1, 0.15) is 16.7 Å². The van der Waals surface area contributed by atoms with Gasteiger partial charge in [-0.15, -0.1) is 0 Å². The van der Waals surface area contributed by atoms with Crippen molar-refractivity contribution in [2.24, 2.45) is 7.05 Å². The number of nitrogens with one attached hydrogen (secondary N) is 1. The molecule has 1 aromatic heterocycles. The Labute approximate surface area is 124 Å². The van der Waals surface area contributed by atoms with E-state index in [1.807, 2.05) is 0 Å². The lowest BCUT2D eigenvalue weighted by Gasteiger charge is -2.17. The standard InChI is InChI=1S/C18H19N3/c1-12-3-6-17-16(9-12)20-18(21(17)2)14-5-4-13-7-8-19-11-15(13)10-14/h3-6,9-10,19H,7-8,11H2,1-2H3. The summed E-state index contributed by atoms with van der Waals surface area (Å²) in [6.45, 7) is 4.16. The number of rotatable bonds is 1. The minimum absolute atomic E-state index is 0.965. The van der Waals surface area contributed by atoms with Crippen LogP contribution in [0.4, 0.5) is 0 Å². The fourth-order valence-electron chi connectivity index (χ4n) is 3.19. The van der Waals surface area contributed by atoms with E-state index in [1.165, 1.54) is 27.8 Å². The van der Waals surface area contributed by atoms with Crippen molar-refractivity contribution in [2.45, 2.75) is 19.9 Å². The highest BCUT2D eigenvalue weighted by atomic mass is 15.1. The average molecular weight is 277 g/mol. The molecule has 0 aliphatic carbocycles. The maximum absolute atomic E-state index is 4.83. The van der Waals surface area contributed by atoms with Gasteiger partial charge < -0.3 is 9.88 Å². The SMILES string of the molecule is Cc1ccc2c(c1)nc(-c1ccc3c(c1)CNCC3)n2C. The molecule has 21 heavy (non-hydrogen) atoms. The van der Waals surface area contributed by atoms with Crippen molar-refractivity contribution in [1.82, 2.24) is 14.9 Å². The Kier molecular flexibility index (Phi) is 2.82. The third-order valence-corrected chi connectivity index (χ3v) is 4.39. The third kappa shape index (κ3) is 2.05. The van der Waals surface area contributed by atoms with E-state index >= 15 is 0 Å². The largest absolute Gasteiger partial charge is 0.327 e. The van der Waals surface area contributed by atoms with Crippen LogP contribution in [0.25, 0.3) is 22.4 Å². The van der Waals surface area contributed by atoms with Crippen LogP contribution in [-0.2, 0) is 20.0 Å². The Morgan fingerprint density at radius 2 is 2.00 bits per heavy atom. The van der Waals surface area contributed by atoms with E-state index in [9.17, 15) is 0 Å². The number of nitrogens with zero attached hydrogens (tertiary/aromatic N) is 2. The summed E-state index contributed by atoms with van der Waals surface area (Å²) in [6.07, 6.45) is 1.12. The highest BCUT2D eigenvalue weighted by Gasteiger charge is 2.13. The van der Waals surface area contributed by atoms with Gasteiger partial charge in [-0.05, 0) is 54.8 Å². The number of hydrogen-bond acceptors (Lipinski definition) is 2. The summed E-state index contributed by atoms with van der Waals surface area (Å²) in [6, 6.07) is 13.2. The smallest absolute Gasteiger partial charge is 0.140 e. The lowest BCUT2D eigenvalue weighted by atomic mass is 9.98. The molecule has 0 atom stereocenters. The fourth-order valence-corrected chi connectivity index (χ4v) is 3.19. The van der Waals surface area contributed by atoms with Gasteiger partial charge in [0.1, 0.15) is 5.82 Å². The summed E-state index contributed by atoms with van der Waals surface area (Å²) in [5.74, 6) is 1.05. The van der Waals surface area contributed by atoms with E-state index < -0.39 is 0 Å². The first-order valence-corrected chi connectivity index (χ1v) is 7.48. The van der Waals surface area contributed by atoms with Crippen molar-refractivity contribution in [3.8, 4) is 11.4 Å². The summed E-state index contributed by atoms with van der Waals surface area (Å²) < 4.78 is 2.19. The van der Waals surface area contributed by atoms with E-state index in [4.69, 9.17) is 4.98 Å². The molecule has 0 radical (unpaired) electrons. The zero-order chi connectivity index (χ0) is 14.4. The first-order chi connectivity index (χ1) is 10.2. The van der Waals surface area contributed by atoms with Gasteiger partial charge in [0.2, 0.25) is 0 Å². The first kappa shape index (κ1) is 12.6. The molecule has 2 aromatic carbocycles. The summed E-state index contributed by atoms with van der Waals surface area (Å²) in [5, 5.41) is 3.44. The highest BCUT2D eigenvalue weighted by molar-refractivity contribution is 5.81. The number of imidazole rings is 1. The minimum atomic E-state index is 0.965. The van der Waals surface area contributed by atoms with Gasteiger partial charge in [-0.2, -0.15) is 0 Å². The van der Waals surface area contributed by atoms with Gasteiger partial charge in [-0.1, -0.05) is 18.2 Å². The molecule has 0 spiro atoms. The molecule has 0 unspecified atom stereocenters. The Morgan fingerprint density at radius 3 is 2.90 bits per heavy atom. The number of benzene rings is 2. The Hall–Kier alpha value is -2.13. The van der Waals surface area contributed by atoms with Gasteiger partial charge >= 0.3 is 0 Å². The lowest BCUT2D eigenvalue weighted by Crippen LogP contribution is -2.23. The zero-order valence-corrected chi connectivity index (χ0v) is 12.5. The molecule has 1 aliphatic rings. The lowest BCUT2D eigenvalue weighted by molar-refractivity contribution is 0.644. The molecule has 0 saturated heterocycles. The van der Waals surface area contributed by atoms with Crippen LogP contribution in [0.2, 0.25) is 0 Å². The van der Waals surface area contributed by atoms with Gasteiger partial charge in [-0.25, -0.2) is 4.98 Å². The number of hydrogen-bond donors (Lipinski definition) is 1. The Balaban J connectivity index is 1.88. The van der Waals surface area contributed by atoms with Gasteiger partial charge in [0.15, 0.2) is 0 Å². The van der Waals surface area contributed by atoms with E-state index in [2.05, 4.69) is 60.3 Å². The summed E-state index contributed by atoms with van der Waals surface area (Å²) in [7, 11) is 2.09. The van der Waals surface area contributed by atoms with Gasteiger partial charge in [0.25, 0.3) is 0 Å². The van der Waals surface area contributed by atoms with Crippen molar-refractivity contribution in [3.05, 3.63) is 53.1 Å². The van der Waals surface area contributed by atoms with Crippen LogP contribution < -0.4 is 5.32 Å². The quantitative estimate of drug-likeness (QED) is 0.740. The minimum Gasteiger partial charge on any atom is -0.327 e. The summed E-state index contributed by atoms with van der Waals surface area (Å²) >= 11 is 0. The van der Waals surface area contributed by atoms with Crippen molar-refractivity contribution in [3.63, 3.8) is 0 Å². The topological polar surface area (TPSA) is 29.9 Å². The van der Waals surface area contributed by atoms with Gasteiger partial charge in [0, 0.05) is 19.2 Å². The molecule has 3 nitrogen and oxygen atoms in total. The molecule has 0 saturated carbocycles. The van der Waals surface area contributed by atoms with Crippen LogP contribution in [0.3, 0.4) is 0 Å². The molecule has 2 heterocycles. The maximum Gasteiger partial charge on any atom is 0.140 e.